The van der Waals surface area contributed by atoms with Gasteiger partial charge in [-0.25, -0.2) is 4.79 Å². The van der Waals surface area contributed by atoms with Crippen molar-refractivity contribution in [3.05, 3.63) is 98.7 Å². The van der Waals surface area contributed by atoms with Crippen molar-refractivity contribution in [1.82, 2.24) is 13.7 Å². The van der Waals surface area contributed by atoms with Crippen LogP contribution in [0.2, 0.25) is 0 Å². The third kappa shape index (κ3) is 3.86. The zero-order valence-corrected chi connectivity index (χ0v) is 17.5. The van der Waals surface area contributed by atoms with Gasteiger partial charge in [-0.1, -0.05) is 60.7 Å². The maximum Gasteiger partial charge on any atom is 0.331 e. The average Bonchev–Trinajstić information content (AvgIpc) is 3.13. The molecule has 30 heavy (non-hydrogen) atoms. The summed E-state index contributed by atoms with van der Waals surface area (Å²) in [6.07, 6.45) is 0. The van der Waals surface area contributed by atoms with Gasteiger partial charge in [-0.15, -0.1) is 11.8 Å². The summed E-state index contributed by atoms with van der Waals surface area (Å²) < 4.78 is 4.78. The van der Waals surface area contributed by atoms with Crippen LogP contribution >= 0.6 is 11.8 Å². The summed E-state index contributed by atoms with van der Waals surface area (Å²) in [7, 11) is 1.69. The Kier molecular flexibility index (Phi) is 5.92. The molecule has 0 radical (unpaired) electrons. The van der Waals surface area contributed by atoms with E-state index in [-0.39, 0.29) is 24.4 Å². The average molecular weight is 422 g/mol. The van der Waals surface area contributed by atoms with Gasteiger partial charge in [-0.2, -0.15) is 0 Å². The predicted octanol–water partition coefficient (Wildman–Crippen LogP) is 2.68. The Morgan fingerprint density at radius 3 is 2.00 bits per heavy atom. The highest BCUT2D eigenvalue weighted by Crippen LogP contribution is 2.26. The largest absolute Gasteiger partial charge is 0.396 e. The molecule has 2 heterocycles. The molecule has 0 aliphatic carbocycles. The first-order valence-electron chi connectivity index (χ1n) is 9.74. The maximum absolute atomic E-state index is 13.5. The number of hydrogen-bond acceptors (Lipinski definition) is 4. The Morgan fingerprint density at radius 1 is 0.867 bits per heavy atom. The molecule has 0 aliphatic heterocycles. The molecule has 0 bridgehead atoms. The van der Waals surface area contributed by atoms with Gasteiger partial charge in [0.2, 0.25) is 0 Å². The first kappa shape index (κ1) is 20.3. The van der Waals surface area contributed by atoms with Gasteiger partial charge in [-0.05, 0) is 17.2 Å². The number of fused-ring (bicyclic) bond motifs is 1. The van der Waals surface area contributed by atoms with Crippen molar-refractivity contribution in [3.63, 3.8) is 0 Å². The third-order valence-corrected chi connectivity index (χ3v) is 6.09. The van der Waals surface area contributed by atoms with Crippen LogP contribution in [0, 0.1) is 0 Å². The van der Waals surface area contributed by atoms with Crippen molar-refractivity contribution in [1.29, 1.82) is 0 Å². The van der Waals surface area contributed by atoms with Gasteiger partial charge in [-0.3, -0.25) is 13.9 Å². The Balaban J connectivity index is 1.92. The lowest BCUT2D eigenvalue weighted by Gasteiger charge is -2.12. The van der Waals surface area contributed by atoms with Crippen LogP contribution in [-0.2, 0) is 20.1 Å². The minimum absolute atomic E-state index is 0.0364. The molecule has 0 saturated heterocycles. The number of benzene rings is 2. The van der Waals surface area contributed by atoms with E-state index in [1.54, 1.807) is 7.05 Å². The lowest BCUT2D eigenvalue weighted by atomic mass is 10.2. The fourth-order valence-electron chi connectivity index (χ4n) is 3.59. The standard InChI is InChI=1S/C23H23N3O3S/c1-24-19-14-20(30-13-12-27)25(15-17-8-4-2-5-9-17)21(19)22(28)26(23(24)29)16-18-10-6-3-7-11-18/h2-11,14,27H,12-13,15-16H2,1H3. The summed E-state index contributed by atoms with van der Waals surface area (Å²) in [6, 6.07) is 21.3. The Hall–Kier alpha value is -3.03. The zero-order valence-electron chi connectivity index (χ0n) is 16.7. The van der Waals surface area contributed by atoms with E-state index in [2.05, 4.69) is 0 Å². The minimum atomic E-state index is -0.341. The van der Waals surface area contributed by atoms with E-state index in [0.717, 1.165) is 16.2 Å². The van der Waals surface area contributed by atoms with Crippen LogP contribution in [0.3, 0.4) is 0 Å². The Morgan fingerprint density at radius 2 is 1.43 bits per heavy atom. The van der Waals surface area contributed by atoms with E-state index in [4.69, 9.17) is 0 Å². The van der Waals surface area contributed by atoms with Crippen molar-refractivity contribution in [2.24, 2.45) is 7.05 Å². The van der Waals surface area contributed by atoms with E-state index in [1.807, 2.05) is 71.3 Å². The first-order valence-corrected chi connectivity index (χ1v) is 10.7. The van der Waals surface area contributed by atoms with Crippen molar-refractivity contribution in [2.45, 2.75) is 18.1 Å². The molecule has 6 nitrogen and oxygen atoms in total. The molecule has 4 rings (SSSR count). The Labute approximate surface area is 178 Å². The lowest BCUT2D eigenvalue weighted by molar-refractivity contribution is 0.322. The van der Waals surface area contributed by atoms with Crippen LogP contribution in [-0.4, -0.2) is 31.2 Å². The number of rotatable bonds is 7. The highest BCUT2D eigenvalue weighted by Gasteiger charge is 2.19. The van der Waals surface area contributed by atoms with Crippen LogP contribution in [0.25, 0.3) is 11.0 Å². The van der Waals surface area contributed by atoms with Gasteiger partial charge in [0.1, 0.15) is 5.52 Å². The molecule has 0 saturated carbocycles. The fourth-order valence-corrected chi connectivity index (χ4v) is 4.40. The topological polar surface area (TPSA) is 69.2 Å². The molecule has 2 aromatic carbocycles. The number of aryl methyl sites for hydroxylation is 1. The highest BCUT2D eigenvalue weighted by atomic mass is 32.2. The van der Waals surface area contributed by atoms with Crippen molar-refractivity contribution >= 4 is 22.8 Å². The summed E-state index contributed by atoms with van der Waals surface area (Å²) in [5.74, 6) is 0.511. The number of aliphatic hydroxyl groups is 1. The predicted molar refractivity (Wildman–Crippen MR) is 120 cm³/mol. The van der Waals surface area contributed by atoms with Gasteiger partial charge < -0.3 is 9.67 Å². The molecule has 2 aromatic heterocycles. The highest BCUT2D eigenvalue weighted by molar-refractivity contribution is 7.99. The smallest absolute Gasteiger partial charge is 0.331 e. The van der Waals surface area contributed by atoms with Gasteiger partial charge in [0.05, 0.1) is 23.7 Å². The summed E-state index contributed by atoms with van der Waals surface area (Å²) in [6.45, 7) is 0.767. The number of thioether (sulfide) groups is 1. The summed E-state index contributed by atoms with van der Waals surface area (Å²) in [5, 5.41) is 10.1. The molecule has 1 N–H and O–H groups in total. The number of nitrogens with zero attached hydrogens (tertiary/aromatic N) is 3. The molecule has 4 aromatic rings. The van der Waals surface area contributed by atoms with Gasteiger partial charge in [0.25, 0.3) is 5.56 Å². The minimum Gasteiger partial charge on any atom is -0.396 e. The van der Waals surface area contributed by atoms with Crippen molar-refractivity contribution in [3.8, 4) is 0 Å². The zero-order chi connectivity index (χ0) is 21.1. The monoisotopic (exact) mass is 421 g/mol. The Bertz CT molecular complexity index is 1270. The van der Waals surface area contributed by atoms with E-state index in [9.17, 15) is 14.7 Å². The molecule has 0 amide bonds. The molecule has 0 spiro atoms. The molecular formula is C23H23N3O3S. The summed E-state index contributed by atoms with van der Waals surface area (Å²) in [4.78, 5) is 26.4. The van der Waals surface area contributed by atoms with Gasteiger partial charge >= 0.3 is 5.69 Å². The van der Waals surface area contributed by atoms with Crippen molar-refractivity contribution < 1.29 is 5.11 Å². The van der Waals surface area contributed by atoms with E-state index < -0.39 is 0 Å². The normalized spacial score (nSPS) is 11.3. The van der Waals surface area contributed by atoms with Crippen LogP contribution in [0.5, 0.6) is 0 Å². The summed E-state index contributed by atoms with van der Waals surface area (Å²) >= 11 is 1.47. The molecule has 0 aliphatic rings. The first-order chi connectivity index (χ1) is 14.6. The van der Waals surface area contributed by atoms with Crippen LogP contribution in [0.1, 0.15) is 11.1 Å². The number of hydrogen-bond donors (Lipinski definition) is 1. The van der Waals surface area contributed by atoms with E-state index >= 15 is 0 Å². The second kappa shape index (κ2) is 8.77. The summed E-state index contributed by atoms with van der Waals surface area (Å²) in [5.41, 5.74) is 2.41. The lowest BCUT2D eigenvalue weighted by Crippen LogP contribution is -2.39. The SMILES string of the molecule is Cn1c(=O)n(Cc2ccccc2)c(=O)c2c1cc(SCCO)n2Cc1ccccc1. The van der Waals surface area contributed by atoms with E-state index in [1.165, 1.54) is 20.9 Å². The molecule has 7 heteroatoms. The molecule has 0 unspecified atom stereocenters. The maximum atomic E-state index is 13.5. The number of aliphatic hydroxyl groups excluding tert-OH is 1. The molecular weight excluding hydrogens is 398 g/mol. The van der Waals surface area contributed by atoms with Crippen LogP contribution < -0.4 is 11.2 Å². The second-order valence-corrected chi connectivity index (χ2v) is 8.19. The number of aromatic nitrogens is 3. The van der Waals surface area contributed by atoms with Crippen molar-refractivity contribution in [2.75, 3.05) is 12.4 Å². The van der Waals surface area contributed by atoms with E-state index in [0.29, 0.717) is 23.3 Å². The van der Waals surface area contributed by atoms with Crippen LogP contribution in [0.4, 0.5) is 0 Å². The van der Waals surface area contributed by atoms with Gasteiger partial charge in [0.15, 0.2) is 0 Å². The third-order valence-electron chi connectivity index (χ3n) is 5.07. The fraction of sp³-hybridized carbons (Fsp3) is 0.217. The molecule has 0 atom stereocenters. The molecule has 154 valence electrons. The molecule has 0 fully saturated rings. The van der Waals surface area contributed by atoms with Crippen LogP contribution in [0.15, 0.2) is 81.3 Å². The van der Waals surface area contributed by atoms with Gasteiger partial charge in [0, 0.05) is 19.3 Å². The quantitative estimate of drug-likeness (QED) is 0.466. The second-order valence-electron chi connectivity index (χ2n) is 7.08.